The molecule has 2 saturated heterocycles. The van der Waals surface area contributed by atoms with Gasteiger partial charge in [0.25, 0.3) is 0 Å². The summed E-state index contributed by atoms with van der Waals surface area (Å²) < 4.78 is 0. The minimum atomic E-state index is 0.505. The van der Waals surface area contributed by atoms with Crippen LogP contribution in [-0.2, 0) is 6.42 Å². The van der Waals surface area contributed by atoms with Gasteiger partial charge in [-0.1, -0.05) is 44.2 Å². The van der Waals surface area contributed by atoms with E-state index in [1.807, 2.05) is 0 Å². The molecular formula is C19H30N2. The van der Waals surface area contributed by atoms with E-state index in [-0.39, 0.29) is 0 Å². The van der Waals surface area contributed by atoms with Crippen LogP contribution in [0, 0.1) is 10.8 Å². The van der Waals surface area contributed by atoms with Gasteiger partial charge < -0.3 is 10.2 Å². The van der Waals surface area contributed by atoms with Crippen molar-refractivity contribution in [1.29, 1.82) is 0 Å². The van der Waals surface area contributed by atoms with Crippen molar-refractivity contribution in [3.8, 4) is 0 Å². The minimum absolute atomic E-state index is 0.505. The van der Waals surface area contributed by atoms with Gasteiger partial charge in [0, 0.05) is 19.6 Å². The molecule has 1 aromatic carbocycles. The molecular weight excluding hydrogens is 256 g/mol. The monoisotopic (exact) mass is 286 g/mol. The number of hydrogen-bond acceptors (Lipinski definition) is 2. The molecule has 2 aliphatic heterocycles. The van der Waals surface area contributed by atoms with Gasteiger partial charge in [0.15, 0.2) is 0 Å². The lowest BCUT2D eigenvalue weighted by Gasteiger charge is -2.31. The van der Waals surface area contributed by atoms with E-state index in [0.717, 1.165) is 0 Å². The van der Waals surface area contributed by atoms with E-state index in [4.69, 9.17) is 0 Å². The average Bonchev–Trinajstić information content (AvgIpc) is 3.06. The molecule has 0 bridgehead atoms. The molecule has 0 amide bonds. The third-order valence-electron chi connectivity index (χ3n) is 5.56. The van der Waals surface area contributed by atoms with E-state index in [0.29, 0.717) is 10.8 Å². The van der Waals surface area contributed by atoms with Crippen molar-refractivity contribution in [2.45, 2.75) is 39.5 Å². The molecule has 2 fully saturated rings. The van der Waals surface area contributed by atoms with Crippen LogP contribution in [0.25, 0.3) is 0 Å². The smallest absolute Gasteiger partial charge is 0.00482 e. The first-order valence-corrected chi connectivity index (χ1v) is 8.54. The summed E-state index contributed by atoms with van der Waals surface area (Å²) in [5.74, 6) is 0. The Bertz CT molecular complexity index is 450. The highest BCUT2D eigenvalue weighted by Crippen LogP contribution is 2.37. The largest absolute Gasteiger partial charge is 0.316 e. The van der Waals surface area contributed by atoms with Crippen molar-refractivity contribution in [3.05, 3.63) is 35.9 Å². The second kappa shape index (κ2) is 6.10. The van der Waals surface area contributed by atoms with Crippen molar-refractivity contribution in [3.63, 3.8) is 0 Å². The maximum Gasteiger partial charge on any atom is 0.00482 e. The van der Waals surface area contributed by atoms with E-state index in [2.05, 4.69) is 54.4 Å². The van der Waals surface area contributed by atoms with Crippen LogP contribution in [0.1, 0.15) is 38.7 Å². The number of likely N-dealkylation sites (tertiary alicyclic amines) is 1. The van der Waals surface area contributed by atoms with Gasteiger partial charge in [-0.25, -0.2) is 0 Å². The van der Waals surface area contributed by atoms with Crippen LogP contribution in [0.2, 0.25) is 0 Å². The second-order valence-electron chi connectivity index (χ2n) is 7.99. The Hall–Kier alpha value is -0.860. The lowest BCUT2D eigenvalue weighted by molar-refractivity contribution is 0.186. The molecule has 0 saturated carbocycles. The Morgan fingerprint density at radius 1 is 1.10 bits per heavy atom. The third kappa shape index (κ3) is 3.87. The van der Waals surface area contributed by atoms with Gasteiger partial charge >= 0.3 is 0 Å². The summed E-state index contributed by atoms with van der Waals surface area (Å²) in [6.07, 6.45) is 5.25. The van der Waals surface area contributed by atoms with Crippen molar-refractivity contribution < 1.29 is 0 Å². The maximum absolute atomic E-state index is 3.53. The number of rotatable bonds is 5. The summed E-state index contributed by atoms with van der Waals surface area (Å²) in [6, 6.07) is 11.0. The van der Waals surface area contributed by atoms with Crippen LogP contribution in [0.15, 0.2) is 30.3 Å². The molecule has 21 heavy (non-hydrogen) atoms. The molecule has 0 aliphatic carbocycles. The summed E-state index contributed by atoms with van der Waals surface area (Å²) >= 11 is 0. The van der Waals surface area contributed by atoms with Crippen LogP contribution >= 0.6 is 0 Å². The first-order chi connectivity index (χ1) is 10.1. The van der Waals surface area contributed by atoms with Crippen molar-refractivity contribution in [2.24, 2.45) is 10.8 Å². The summed E-state index contributed by atoms with van der Waals surface area (Å²) in [4.78, 5) is 2.72. The lowest BCUT2D eigenvalue weighted by atomic mass is 9.83. The lowest BCUT2D eigenvalue weighted by Crippen LogP contribution is -2.37. The zero-order valence-corrected chi connectivity index (χ0v) is 13.7. The second-order valence-corrected chi connectivity index (χ2v) is 7.99. The molecule has 0 radical (unpaired) electrons. The van der Waals surface area contributed by atoms with Gasteiger partial charge in [0.05, 0.1) is 0 Å². The Balaban J connectivity index is 1.50. The fraction of sp³-hybridized carbons (Fsp3) is 0.684. The van der Waals surface area contributed by atoms with Crippen LogP contribution in [-0.4, -0.2) is 37.6 Å². The topological polar surface area (TPSA) is 15.3 Å². The first-order valence-electron chi connectivity index (χ1n) is 8.54. The van der Waals surface area contributed by atoms with Gasteiger partial charge in [0.1, 0.15) is 0 Å². The molecule has 2 heterocycles. The number of aryl methyl sites for hydroxylation is 1. The summed E-state index contributed by atoms with van der Waals surface area (Å²) in [5.41, 5.74) is 2.51. The fourth-order valence-electron chi connectivity index (χ4n) is 4.10. The molecule has 1 aromatic rings. The summed E-state index contributed by atoms with van der Waals surface area (Å²) in [5, 5.41) is 3.53. The SMILES string of the molecule is CC1(CCc2ccccc2)CCN(CC2(C)CCNC2)C1. The average molecular weight is 286 g/mol. The predicted octanol–water partition coefficient (Wildman–Crippen LogP) is 3.33. The molecule has 0 aromatic heterocycles. The van der Waals surface area contributed by atoms with E-state index in [1.165, 1.54) is 64.0 Å². The van der Waals surface area contributed by atoms with Crippen LogP contribution in [0.4, 0.5) is 0 Å². The van der Waals surface area contributed by atoms with Crippen LogP contribution in [0.3, 0.4) is 0 Å². The molecule has 2 aliphatic rings. The number of nitrogens with one attached hydrogen (secondary N) is 1. The zero-order valence-electron chi connectivity index (χ0n) is 13.7. The highest BCUT2D eigenvalue weighted by atomic mass is 15.2. The molecule has 1 N–H and O–H groups in total. The Labute approximate surface area is 129 Å². The fourth-order valence-corrected chi connectivity index (χ4v) is 4.10. The molecule has 2 heteroatoms. The number of hydrogen-bond donors (Lipinski definition) is 1. The number of nitrogens with zero attached hydrogens (tertiary/aromatic N) is 1. The highest BCUT2D eigenvalue weighted by molar-refractivity contribution is 5.15. The van der Waals surface area contributed by atoms with Crippen LogP contribution in [0.5, 0.6) is 0 Å². The summed E-state index contributed by atoms with van der Waals surface area (Å²) in [6.45, 7) is 11.2. The van der Waals surface area contributed by atoms with E-state index in [9.17, 15) is 0 Å². The Kier molecular flexibility index (Phi) is 4.37. The molecule has 2 atom stereocenters. The molecule has 2 nitrogen and oxygen atoms in total. The predicted molar refractivity (Wildman–Crippen MR) is 89.5 cm³/mol. The van der Waals surface area contributed by atoms with E-state index < -0.39 is 0 Å². The zero-order chi connectivity index (χ0) is 14.8. The number of benzene rings is 1. The normalized spacial score (nSPS) is 33.6. The van der Waals surface area contributed by atoms with Crippen molar-refractivity contribution in [1.82, 2.24) is 10.2 Å². The standard InChI is InChI=1S/C19H30N2/c1-18(9-8-17-6-4-3-5-7-17)11-13-21(15-18)16-19(2)10-12-20-14-19/h3-7,20H,8-16H2,1-2H3. The molecule has 2 unspecified atom stereocenters. The van der Waals surface area contributed by atoms with Gasteiger partial charge in [-0.15, -0.1) is 0 Å². The molecule has 116 valence electrons. The molecule has 3 rings (SSSR count). The summed E-state index contributed by atoms with van der Waals surface area (Å²) in [7, 11) is 0. The van der Waals surface area contributed by atoms with Gasteiger partial charge in [-0.2, -0.15) is 0 Å². The Morgan fingerprint density at radius 2 is 1.90 bits per heavy atom. The maximum atomic E-state index is 3.53. The van der Waals surface area contributed by atoms with Gasteiger partial charge in [-0.3, -0.25) is 0 Å². The van der Waals surface area contributed by atoms with Crippen molar-refractivity contribution >= 4 is 0 Å². The van der Waals surface area contributed by atoms with E-state index >= 15 is 0 Å². The van der Waals surface area contributed by atoms with E-state index in [1.54, 1.807) is 0 Å². The third-order valence-corrected chi connectivity index (χ3v) is 5.56. The van der Waals surface area contributed by atoms with Gasteiger partial charge in [0.2, 0.25) is 0 Å². The minimum Gasteiger partial charge on any atom is -0.316 e. The van der Waals surface area contributed by atoms with Gasteiger partial charge in [-0.05, 0) is 55.2 Å². The highest BCUT2D eigenvalue weighted by Gasteiger charge is 2.37. The Morgan fingerprint density at radius 3 is 2.62 bits per heavy atom. The molecule has 0 spiro atoms. The van der Waals surface area contributed by atoms with Crippen molar-refractivity contribution in [2.75, 3.05) is 32.7 Å². The first kappa shape index (κ1) is 15.1. The quantitative estimate of drug-likeness (QED) is 0.893. The van der Waals surface area contributed by atoms with Crippen LogP contribution < -0.4 is 5.32 Å².